The smallest absolute Gasteiger partial charge is 0.262 e. The summed E-state index contributed by atoms with van der Waals surface area (Å²) in [6, 6.07) is 4.75. The summed E-state index contributed by atoms with van der Waals surface area (Å²) in [6.07, 6.45) is 2.39. The van der Waals surface area contributed by atoms with Gasteiger partial charge in [-0.2, -0.15) is 0 Å². The Balaban J connectivity index is 1.62. The molecule has 0 bridgehead atoms. The van der Waals surface area contributed by atoms with Crippen molar-refractivity contribution < 1.29 is 19.2 Å². The summed E-state index contributed by atoms with van der Waals surface area (Å²) >= 11 is 0. The van der Waals surface area contributed by atoms with E-state index >= 15 is 0 Å². The minimum atomic E-state index is -0.930. The van der Waals surface area contributed by atoms with Crippen molar-refractivity contribution >= 4 is 29.3 Å². The first-order valence-corrected chi connectivity index (χ1v) is 9.84. The lowest BCUT2D eigenvalue weighted by Gasteiger charge is -2.38. The minimum absolute atomic E-state index is 0.120. The summed E-state index contributed by atoms with van der Waals surface area (Å²) in [5, 5.41) is 5.62. The maximum absolute atomic E-state index is 13.0. The van der Waals surface area contributed by atoms with E-state index in [1.165, 1.54) is 0 Å². The molecule has 3 aliphatic heterocycles. The third-order valence-corrected chi connectivity index (χ3v) is 5.73. The molecule has 0 spiro atoms. The van der Waals surface area contributed by atoms with E-state index in [9.17, 15) is 19.2 Å². The van der Waals surface area contributed by atoms with Crippen molar-refractivity contribution in [2.24, 2.45) is 0 Å². The molecule has 8 heteroatoms. The van der Waals surface area contributed by atoms with Crippen LogP contribution in [0.3, 0.4) is 0 Å². The Labute approximate surface area is 163 Å². The number of piperazine rings is 1. The highest BCUT2D eigenvalue weighted by Gasteiger charge is 2.44. The Kier molecular flexibility index (Phi) is 4.89. The largest absolute Gasteiger partial charge is 0.366 e. The molecule has 2 N–H and O–H groups in total. The number of fused-ring (bicyclic) bond motifs is 1. The number of carbonyl (C=O) groups is 4. The molecule has 2 unspecified atom stereocenters. The number of piperidine rings is 1. The van der Waals surface area contributed by atoms with Crippen LogP contribution >= 0.6 is 0 Å². The molecular weight excluding hydrogens is 360 g/mol. The van der Waals surface area contributed by atoms with E-state index in [-0.39, 0.29) is 18.7 Å². The zero-order valence-electron chi connectivity index (χ0n) is 15.9. The lowest BCUT2D eigenvalue weighted by molar-refractivity contribution is -0.136. The summed E-state index contributed by atoms with van der Waals surface area (Å²) in [6.45, 7) is 4.74. The van der Waals surface area contributed by atoms with Crippen LogP contribution in [0.4, 0.5) is 5.69 Å². The van der Waals surface area contributed by atoms with Crippen LogP contribution in [-0.2, 0) is 9.59 Å². The van der Waals surface area contributed by atoms with Gasteiger partial charge in [0, 0.05) is 37.8 Å². The Hall–Kier alpha value is -2.74. The second kappa shape index (κ2) is 7.35. The molecule has 28 heavy (non-hydrogen) atoms. The predicted octanol–water partition coefficient (Wildman–Crippen LogP) is 0.666. The molecule has 0 saturated carbocycles. The molecule has 2 saturated heterocycles. The van der Waals surface area contributed by atoms with Gasteiger partial charge in [0.05, 0.1) is 11.1 Å². The minimum Gasteiger partial charge on any atom is -0.366 e. The average molecular weight is 384 g/mol. The standard InChI is InChI=1S/C20H24N4O4/c1-2-3-13-11-21-8-9-23(13)12-4-5-14-15(10-12)20(28)24(19(14)27)16-6-7-17(25)22-18(16)26/h4-5,10,13,16,21H,2-3,6-9,11H2,1H3,(H,22,25,26). The van der Waals surface area contributed by atoms with E-state index in [1.54, 1.807) is 12.1 Å². The first-order valence-electron chi connectivity index (χ1n) is 9.84. The van der Waals surface area contributed by atoms with Crippen molar-refractivity contribution in [2.45, 2.75) is 44.7 Å². The van der Waals surface area contributed by atoms with Crippen molar-refractivity contribution in [3.8, 4) is 0 Å². The Morgan fingerprint density at radius 2 is 1.89 bits per heavy atom. The lowest BCUT2D eigenvalue weighted by atomic mass is 10.0. The highest BCUT2D eigenvalue weighted by atomic mass is 16.2. The highest BCUT2D eigenvalue weighted by molar-refractivity contribution is 6.23. The fraction of sp³-hybridized carbons (Fsp3) is 0.500. The van der Waals surface area contributed by atoms with Gasteiger partial charge in [-0.3, -0.25) is 29.4 Å². The molecule has 3 aliphatic rings. The van der Waals surface area contributed by atoms with Gasteiger partial charge in [0.1, 0.15) is 6.04 Å². The SMILES string of the molecule is CCCC1CNCCN1c1ccc2c(c1)C(=O)N(C1CCC(=O)NC1=O)C2=O. The van der Waals surface area contributed by atoms with Gasteiger partial charge in [-0.05, 0) is 31.0 Å². The van der Waals surface area contributed by atoms with E-state index in [0.29, 0.717) is 17.2 Å². The van der Waals surface area contributed by atoms with Gasteiger partial charge in [0.15, 0.2) is 0 Å². The van der Waals surface area contributed by atoms with Crippen molar-refractivity contribution in [1.29, 1.82) is 0 Å². The van der Waals surface area contributed by atoms with E-state index in [0.717, 1.165) is 43.1 Å². The summed E-state index contributed by atoms with van der Waals surface area (Å²) in [4.78, 5) is 52.6. The number of hydrogen-bond acceptors (Lipinski definition) is 6. The van der Waals surface area contributed by atoms with Gasteiger partial charge in [-0.25, -0.2) is 0 Å². The van der Waals surface area contributed by atoms with Crippen LogP contribution in [-0.4, -0.2) is 60.2 Å². The summed E-state index contributed by atoms with van der Waals surface area (Å²) in [5.74, 6) is -1.89. The quantitative estimate of drug-likeness (QED) is 0.741. The van der Waals surface area contributed by atoms with Crippen molar-refractivity contribution in [3.63, 3.8) is 0 Å². The lowest BCUT2D eigenvalue weighted by Crippen LogP contribution is -2.54. The van der Waals surface area contributed by atoms with E-state index in [4.69, 9.17) is 0 Å². The monoisotopic (exact) mass is 384 g/mol. The maximum Gasteiger partial charge on any atom is 0.262 e. The molecule has 0 aliphatic carbocycles. The Morgan fingerprint density at radius 3 is 2.64 bits per heavy atom. The molecule has 148 valence electrons. The fourth-order valence-electron chi connectivity index (χ4n) is 4.33. The van der Waals surface area contributed by atoms with Gasteiger partial charge in [-0.15, -0.1) is 0 Å². The number of nitrogens with zero attached hydrogens (tertiary/aromatic N) is 2. The van der Waals surface area contributed by atoms with Gasteiger partial charge in [0.25, 0.3) is 11.8 Å². The zero-order valence-corrected chi connectivity index (χ0v) is 15.9. The predicted molar refractivity (Wildman–Crippen MR) is 102 cm³/mol. The van der Waals surface area contributed by atoms with Crippen LogP contribution < -0.4 is 15.5 Å². The Morgan fingerprint density at radius 1 is 1.11 bits per heavy atom. The second-order valence-corrected chi connectivity index (χ2v) is 7.52. The number of benzene rings is 1. The topological polar surface area (TPSA) is 98.8 Å². The molecule has 8 nitrogen and oxygen atoms in total. The van der Waals surface area contributed by atoms with Gasteiger partial charge < -0.3 is 10.2 Å². The van der Waals surface area contributed by atoms with Gasteiger partial charge in [0.2, 0.25) is 11.8 Å². The van der Waals surface area contributed by atoms with Crippen LogP contribution in [0.2, 0.25) is 0 Å². The van der Waals surface area contributed by atoms with Gasteiger partial charge >= 0.3 is 0 Å². The molecule has 4 amide bonds. The average Bonchev–Trinajstić information content (AvgIpc) is 2.93. The molecule has 2 fully saturated rings. The van der Waals surface area contributed by atoms with Crippen LogP contribution in [0.25, 0.3) is 0 Å². The van der Waals surface area contributed by atoms with Crippen molar-refractivity contribution in [1.82, 2.24) is 15.5 Å². The molecule has 1 aromatic rings. The number of anilines is 1. The molecule has 3 heterocycles. The van der Waals surface area contributed by atoms with Crippen molar-refractivity contribution in [3.05, 3.63) is 29.3 Å². The van der Waals surface area contributed by atoms with Crippen LogP contribution in [0, 0.1) is 0 Å². The van der Waals surface area contributed by atoms with Crippen LogP contribution in [0.5, 0.6) is 0 Å². The third-order valence-electron chi connectivity index (χ3n) is 5.73. The number of imide groups is 2. The van der Waals surface area contributed by atoms with E-state index in [1.807, 2.05) is 6.07 Å². The van der Waals surface area contributed by atoms with Crippen molar-refractivity contribution in [2.75, 3.05) is 24.5 Å². The molecule has 0 radical (unpaired) electrons. The number of amides is 4. The summed E-state index contributed by atoms with van der Waals surface area (Å²) in [5.41, 5.74) is 1.58. The number of rotatable bonds is 4. The number of hydrogen-bond donors (Lipinski definition) is 2. The molecule has 1 aromatic carbocycles. The number of carbonyl (C=O) groups excluding carboxylic acids is 4. The number of nitrogens with one attached hydrogen (secondary N) is 2. The highest BCUT2D eigenvalue weighted by Crippen LogP contribution is 2.31. The third kappa shape index (κ3) is 3.07. The molecule has 2 atom stereocenters. The maximum atomic E-state index is 13.0. The molecular formula is C20H24N4O4. The fourth-order valence-corrected chi connectivity index (χ4v) is 4.33. The van der Waals surface area contributed by atoms with Crippen LogP contribution in [0.15, 0.2) is 18.2 Å². The van der Waals surface area contributed by atoms with Crippen LogP contribution in [0.1, 0.15) is 53.3 Å². The normalized spacial score (nSPS) is 25.2. The van der Waals surface area contributed by atoms with E-state index in [2.05, 4.69) is 22.5 Å². The summed E-state index contributed by atoms with van der Waals surface area (Å²) < 4.78 is 0. The zero-order chi connectivity index (χ0) is 19.8. The van der Waals surface area contributed by atoms with Gasteiger partial charge in [-0.1, -0.05) is 13.3 Å². The first kappa shape index (κ1) is 18.6. The molecule has 4 rings (SSSR count). The molecule has 0 aromatic heterocycles. The first-order chi connectivity index (χ1) is 13.5. The second-order valence-electron chi connectivity index (χ2n) is 7.52. The Bertz CT molecular complexity index is 851. The van der Waals surface area contributed by atoms with E-state index < -0.39 is 23.8 Å². The summed E-state index contributed by atoms with van der Waals surface area (Å²) in [7, 11) is 0.